The van der Waals surface area contributed by atoms with Crippen LogP contribution in [0.1, 0.15) is 42.1 Å². The number of nitrogens with one attached hydrogen (secondary N) is 1. The van der Waals surface area contributed by atoms with Gasteiger partial charge in [0.2, 0.25) is 5.91 Å². The molecular formula is C21H31Cl2N3O. The molecule has 0 aromatic heterocycles. The molecule has 2 rings (SSSR count). The lowest BCUT2D eigenvalue weighted by Gasteiger charge is -2.18. The third-order valence-corrected chi connectivity index (χ3v) is 4.48. The molecule has 4 nitrogen and oxygen atoms in total. The fourth-order valence-electron chi connectivity index (χ4n) is 2.77. The molecular weight excluding hydrogens is 381 g/mol. The molecule has 0 saturated heterocycles. The number of aryl methyl sites for hydroxylation is 1. The van der Waals surface area contributed by atoms with Gasteiger partial charge in [0.15, 0.2) is 0 Å². The molecule has 3 N–H and O–H groups in total. The number of nitrogens with zero attached hydrogens (tertiary/aromatic N) is 1. The first-order valence-corrected chi connectivity index (χ1v) is 8.93. The molecule has 1 amide bonds. The van der Waals surface area contributed by atoms with Gasteiger partial charge in [-0.2, -0.15) is 0 Å². The van der Waals surface area contributed by atoms with Crippen molar-refractivity contribution in [3.8, 4) is 0 Å². The van der Waals surface area contributed by atoms with Gasteiger partial charge >= 0.3 is 0 Å². The lowest BCUT2D eigenvalue weighted by molar-refractivity contribution is -0.122. The Kier molecular flexibility index (Phi) is 12.0. The van der Waals surface area contributed by atoms with Crippen molar-refractivity contribution in [1.29, 1.82) is 0 Å². The third-order valence-electron chi connectivity index (χ3n) is 4.48. The molecule has 0 aliphatic heterocycles. The van der Waals surface area contributed by atoms with Crippen molar-refractivity contribution in [2.24, 2.45) is 5.73 Å². The molecule has 0 radical (unpaired) electrons. The molecule has 150 valence electrons. The van der Waals surface area contributed by atoms with Crippen LogP contribution in [0.3, 0.4) is 0 Å². The van der Waals surface area contributed by atoms with Crippen LogP contribution in [0.5, 0.6) is 0 Å². The van der Waals surface area contributed by atoms with Crippen LogP contribution in [0, 0.1) is 6.92 Å². The van der Waals surface area contributed by atoms with E-state index in [0.29, 0.717) is 6.54 Å². The van der Waals surface area contributed by atoms with E-state index in [1.54, 1.807) is 0 Å². The Bertz CT molecular complexity index is 688. The van der Waals surface area contributed by atoms with Crippen molar-refractivity contribution in [3.63, 3.8) is 0 Å². The van der Waals surface area contributed by atoms with E-state index in [9.17, 15) is 4.79 Å². The SMILES string of the molecule is CCN(CC)Cc1cccc(CNC(=O)C(N)c2ccc(C)cc2)c1.Cl.Cl. The molecule has 27 heavy (non-hydrogen) atoms. The van der Waals surface area contributed by atoms with E-state index in [0.717, 1.165) is 36.3 Å². The molecule has 6 heteroatoms. The Morgan fingerprint density at radius 3 is 2.22 bits per heavy atom. The molecule has 0 aliphatic carbocycles. The Balaban J connectivity index is 0.00000338. The van der Waals surface area contributed by atoms with E-state index in [-0.39, 0.29) is 30.7 Å². The molecule has 2 aromatic rings. The highest BCUT2D eigenvalue weighted by Gasteiger charge is 2.15. The highest BCUT2D eigenvalue weighted by Crippen LogP contribution is 2.12. The first-order valence-electron chi connectivity index (χ1n) is 8.93. The summed E-state index contributed by atoms with van der Waals surface area (Å²) in [6, 6.07) is 15.5. The number of amides is 1. The van der Waals surface area contributed by atoms with Crippen LogP contribution in [0.15, 0.2) is 48.5 Å². The highest BCUT2D eigenvalue weighted by molar-refractivity contribution is 5.85. The van der Waals surface area contributed by atoms with Gasteiger partial charge in [-0.3, -0.25) is 9.69 Å². The lowest BCUT2D eigenvalue weighted by atomic mass is 10.1. The summed E-state index contributed by atoms with van der Waals surface area (Å²) in [4.78, 5) is 14.7. The molecule has 0 bridgehead atoms. The summed E-state index contributed by atoms with van der Waals surface area (Å²) in [5.41, 5.74) is 10.4. The largest absolute Gasteiger partial charge is 0.350 e. The van der Waals surface area contributed by atoms with Crippen molar-refractivity contribution >= 4 is 30.7 Å². The third kappa shape index (κ3) is 7.89. The summed E-state index contributed by atoms with van der Waals surface area (Å²) >= 11 is 0. The molecule has 1 unspecified atom stereocenters. The zero-order valence-electron chi connectivity index (χ0n) is 16.3. The van der Waals surface area contributed by atoms with Crippen LogP contribution in [-0.2, 0) is 17.9 Å². The van der Waals surface area contributed by atoms with Crippen molar-refractivity contribution in [2.45, 2.75) is 39.9 Å². The van der Waals surface area contributed by atoms with Crippen LogP contribution in [0.2, 0.25) is 0 Å². The van der Waals surface area contributed by atoms with Crippen LogP contribution in [0.25, 0.3) is 0 Å². The van der Waals surface area contributed by atoms with Gasteiger partial charge in [0.05, 0.1) is 0 Å². The number of nitrogens with two attached hydrogens (primary N) is 1. The lowest BCUT2D eigenvalue weighted by Crippen LogP contribution is -2.33. The average Bonchev–Trinajstić information content (AvgIpc) is 2.64. The minimum absolute atomic E-state index is 0. The average molecular weight is 412 g/mol. The first kappa shape index (κ1) is 25.4. The van der Waals surface area contributed by atoms with Crippen LogP contribution in [-0.4, -0.2) is 23.9 Å². The van der Waals surface area contributed by atoms with Crippen molar-refractivity contribution < 1.29 is 4.79 Å². The molecule has 0 aliphatic rings. The second-order valence-corrected chi connectivity index (χ2v) is 6.39. The van der Waals surface area contributed by atoms with Gasteiger partial charge in [-0.05, 0) is 36.7 Å². The number of hydrogen-bond donors (Lipinski definition) is 2. The maximum atomic E-state index is 12.3. The molecule has 0 heterocycles. The normalized spacial score (nSPS) is 11.3. The Labute approximate surface area is 175 Å². The van der Waals surface area contributed by atoms with Gasteiger partial charge in [0.25, 0.3) is 0 Å². The van der Waals surface area contributed by atoms with E-state index >= 15 is 0 Å². The number of carbonyl (C=O) groups excluding carboxylic acids is 1. The summed E-state index contributed by atoms with van der Waals surface area (Å²) in [5, 5.41) is 2.94. The van der Waals surface area contributed by atoms with E-state index in [4.69, 9.17) is 5.73 Å². The summed E-state index contributed by atoms with van der Waals surface area (Å²) in [6.07, 6.45) is 0. The van der Waals surface area contributed by atoms with Crippen molar-refractivity contribution in [3.05, 3.63) is 70.8 Å². The predicted molar refractivity (Wildman–Crippen MR) is 118 cm³/mol. The van der Waals surface area contributed by atoms with Gasteiger partial charge in [-0.25, -0.2) is 0 Å². The second-order valence-electron chi connectivity index (χ2n) is 6.39. The standard InChI is InChI=1S/C21H29N3O.2ClH/c1-4-24(5-2)15-18-8-6-7-17(13-18)14-23-21(25)20(22)19-11-9-16(3)10-12-19;;/h6-13,20H,4-5,14-15,22H2,1-3H3,(H,23,25);2*1H. The van der Waals surface area contributed by atoms with E-state index in [1.807, 2.05) is 43.3 Å². The molecule has 0 saturated carbocycles. The van der Waals surface area contributed by atoms with Gasteiger partial charge in [-0.1, -0.05) is 67.9 Å². The quantitative estimate of drug-likeness (QED) is 0.689. The summed E-state index contributed by atoms with van der Waals surface area (Å²) in [6.45, 7) is 9.83. The van der Waals surface area contributed by atoms with Gasteiger partial charge in [0, 0.05) is 13.1 Å². The molecule has 2 aromatic carbocycles. The summed E-state index contributed by atoms with van der Waals surface area (Å²) in [7, 11) is 0. The number of benzene rings is 2. The van der Waals surface area contributed by atoms with E-state index < -0.39 is 6.04 Å². The molecule has 0 fully saturated rings. The van der Waals surface area contributed by atoms with Crippen molar-refractivity contribution in [1.82, 2.24) is 10.2 Å². The minimum atomic E-state index is -0.639. The maximum absolute atomic E-state index is 12.3. The number of rotatable bonds is 8. The van der Waals surface area contributed by atoms with Crippen LogP contribution >= 0.6 is 24.8 Å². The molecule has 0 spiro atoms. The monoisotopic (exact) mass is 411 g/mol. The number of hydrogen-bond acceptors (Lipinski definition) is 3. The summed E-state index contributed by atoms with van der Waals surface area (Å²) in [5.74, 6) is -0.155. The van der Waals surface area contributed by atoms with Gasteiger partial charge in [-0.15, -0.1) is 24.8 Å². The van der Waals surface area contributed by atoms with E-state index in [1.165, 1.54) is 5.56 Å². The highest BCUT2D eigenvalue weighted by atomic mass is 35.5. The number of carbonyl (C=O) groups is 1. The first-order chi connectivity index (χ1) is 12.0. The van der Waals surface area contributed by atoms with Crippen LogP contribution in [0.4, 0.5) is 0 Å². The fraction of sp³-hybridized carbons (Fsp3) is 0.381. The van der Waals surface area contributed by atoms with Gasteiger partial charge in [0.1, 0.15) is 6.04 Å². The topological polar surface area (TPSA) is 58.4 Å². The Morgan fingerprint density at radius 2 is 1.63 bits per heavy atom. The Hall–Kier alpha value is -1.59. The van der Waals surface area contributed by atoms with Crippen molar-refractivity contribution in [2.75, 3.05) is 13.1 Å². The minimum Gasteiger partial charge on any atom is -0.350 e. The smallest absolute Gasteiger partial charge is 0.241 e. The zero-order valence-corrected chi connectivity index (χ0v) is 17.9. The maximum Gasteiger partial charge on any atom is 0.241 e. The zero-order chi connectivity index (χ0) is 18.2. The second kappa shape index (κ2) is 12.7. The molecule has 1 atom stereocenters. The van der Waals surface area contributed by atoms with E-state index in [2.05, 4.69) is 36.2 Å². The number of halogens is 2. The fourth-order valence-corrected chi connectivity index (χ4v) is 2.77. The summed E-state index contributed by atoms with van der Waals surface area (Å²) < 4.78 is 0. The Morgan fingerprint density at radius 1 is 1.04 bits per heavy atom. The van der Waals surface area contributed by atoms with Gasteiger partial charge < -0.3 is 11.1 Å². The van der Waals surface area contributed by atoms with Crippen LogP contribution < -0.4 is 11.1 Å². The predicted octanol–water partition coefficient (Wildman–Crippen LogP) is 4.00.